The van der Waals surface area contributed by atoms with Crippen LogP contribution in [0.25, 0.3) is 11.0 Å². The molecule has 0 saturated heterocycles. The first kappa shape index (κ1) is 13.9. The number of nitrogens with zero attached hydrogens (tertiary/aromatic N) is 2. The summed E-state index contributed by atoms with van der Waals surface area (Å²) in [6, 6.07) is 11.1. The van der Waals surface area contributed by atoms with E-state index < -0.39 is 5.82 Å². The Labute approximate surface area is 127 Å². The van der Waals surface area contributed by atoms with Crippen molar-refractivity contribution in [3.05, 3.63) is 58.4 Å². The summed E-state index contributed by atoms with van der Waals surface area (Å²) >= 11 is 5.78. The van der Waals surface area contributed by atoms with Crippen LogP contribution in [0.15, 0.2) is 36.4 Å². The molecule has 0 saturated carbocycles. The highest BCUT2D eigenvalue weighted by Crippen LogP contribution is 2.25. The van der Waals surface area contributed by atoms with Crippen molar-refractivity contribution in [2.45, 2.75) is 19.9 Å². The van der Waals surface area contributed by atoms with Gasteiger partial charge in [-0.25, -0.2) is 9.37 Å². The number of imidazole rings is 1. The van der Waals surface area contributed by atoms with Crippen LogP contribution in [0.4, 0.5) is 10.3 Å². The van der Waals surface area contributed by atoms with Crippen LogP contribution in [-0.2, 0) is 13.0 Å². The fourth-order valence-corrected chi connectivity index (χ4v) is 2.65. The van der Waals surface area contributed by atoms with Crippen molar-refractivity contribution >= 4 is 28.6 Å². The van der Waals surface area contributed by atoms with E-state index in [1.165, 1.54) is 23.3 Å². The summed E-state index contributed by atoms with van der Waals surface area (Å²) in [4.78, 5) is 4.24. The van der Waals surface area contributed by atoms with Gasteiger partial charge in [-0.1, -0.05) is 35.9 Å². The smallest absolute Gasteiger partial charge is 0.201 e. The third-order valence-electron chi connectivity index (χ3n) is 3.69. The third-order valence-corrected chi connectivity index (χ3v) is 3.98. The largest absolute Gasteiger partial charge is 0.369 e. The molecule has 0 atom stereocenters. The number of benzene rings is 2. The zero-order chi connectivity index (χ0) is 15.0. The SMILES string of the molecule is Cc1ccccc1CCn1c(N)nc2cc(Cl)c(F)cc21. The molecule has 3 nitrogen and oxygen atoms in total. The van der Waals surface area contributed by atoms with Crippen molar-refractivity contribution in [1.82, 2.24) is 9.55 Å². The van der Waals surface area contributed by atoms with Gasteiger partial charge in [0.2, 0.25) is 5.95 Å². The summed E-state index contributed by atoms with van der Waals surface area (Å²) < 4.78 is 15.5. The highest BCUT2D eigenvalue weighted by Gasteiger charge is 2.12. The maximum absolute atomic E-state index is 13.7. The second-order valence-corrected chi connectivity index (χ2v) is 5.46. The molecule has 0 unspecified atom stereocenters. The minimum absolute atomic E-state index is 0.0612. The van der Waals surface area contributed by atoms with Crippen molar-refractivity contribution in [1.29, 1.82) is 0 Å². The fraction of sp³-hybridized carbons (Fsp3) is 0.188. The number of anilines is 1. The van der Waals surface area contributed by atoms with Gasteiger partial charge >= 0.3 is 0 Å². The van der Waals surface area contributed by atoms with Gasteiger partial charge in [0.05, 0.1) is 16.1 Å². The van der Waals surface area contributed by atoms with Crippen LogP contribution >= 0.6 is 11.6 Å². The normalized spacial score (nSPS) is 11.2. The molecule has 2 N–H and O–H groups in total. The maximum Gasteiger partial charge on any atom is 0.201 e. The van der Waals surface area contributed by atoms with E-state index in [4.69, 9.17) is 17.3 Å². The Balaban J connectivity index is 1.95. The minimum atomic E-state index is -0.457. The Morgan fingerprint density at radius 1 is 1.29 bits per heavy atom. The second-order valence-electron chi connectivity index (χ2n) is 5.05. The number of halogens is 2. The molecule has 1 aromatic heterocycles. The van der Waals surface area contributed by atoms with Crippen LogP contribution < -0.4 is 5.73 Å². The van der Waals surface area contributed by atoms with E-state index in [2.05, 4.69) is 24.0 Å². The van der Waals surface area contributed by atoms with E-state index in [1.807, 2.05) is 16.7 Å². The summed E-state index contributed by atoms with van der Waals surface area (Å²) in [6.07, 6.45) is 0.812. The molecule has 0 aliphatic heterocycles. The Hall–Kier alpha value is -2.07. The average molecular weight is 304 g/mol. The second kappa shape index (κ2) is 5.37. The first-order chi connectivity index (χ1) is 10.1. The van der Waals surface area contributed by atoms with Crippen LogP contribution in [-0.4, -0.2) is 9.55 Å². The lowest BCUT2D eigenvalue weighted by molar-refractivity contribution is 0.628. The Kier molecular flexibility index (Phi) is 3.55. The van der Waals surface area contributed by atoms with E-state index >= 15 is 0 Å². The lowest BCUT2D eigenvalue weighted by Crippen LogP contribution is -2.06. The zero-order valence-corrected chi connectivity index (χ0v) is 12.4. The molecule has 108 valence electrons. The molecule has 0 radical (unpaired) electrons. The minimum Gasteiger partial charge on any atom is -0.369 e. The van der Waals surface area contributed by atoms with Crippen LogP contribution in [0, 0.1) is 12.7 Å². The molecule has 5 heteroatoms. The number of aromatic nitrogens is 2. The highest BCUT2D eigenvalue weighted by atomic mass is 35.5. The summed E-state index contributed by atoms with van der Waals surface area (Å²) in [5.41, 5.74) is 9.70. The van der Waals surface area contributed by atoms with Crippen LogP contribution in [0.3, 0.4) is 0 Å². The topological polar surface area (TPSA) is 43.8 Å². The molecule has 21 heavy (non-hydrogen) atoms. The number of hydrogen-bond acceptors (Lipinski definition) is 2. The van der Waals surface area contributed by atoms with E-state index in [-0.39, 0.29) is 5.02 Å². The molecule has 0 bridgehead atoms. The van der Waals surface area contributed by atoms with Crippen molar-refractivity contribution < 1.29 is 4.39 Å². The molecule has 0 aliphatic rings. The van der Waals surface area contributed by atoms with Crippen molar-refractivity contribution in [2.24, 2.45) is 0 Å². The van der Waals surface area contributed by atoms with E-state index in [0.29, 0.717) is 23.5 Å². The molecule has 3 aromatic rings. The Morgan fingerprint density at radius 2 is 2.05 bits per heavy atom. The number of hydrogen-bond donors (Lipinski definition) is 1. The van der Waals surface area contributed by atoms with Gasteiger partial charge < -0.3 is 10.3 Å². The van der Waals surface area contributed by atoms with Gasteiger partial charge in [-0.3, -0.25) is 0 Å². The Morgan fingerprint density at radius 3 is 2.81 bits per heavy atom. The van der Waals surface area contributed by atoms with Crippen molar-refractivity contribution in [2.75, 3.05) is 5.73 Å². The molecule has 3 rings (SSSR count). The number of nitrogen functional groups attached to an aromatic ring is 1. The third kappa shape index (κ3) is 2.59. The van der Waals surface area contributed by atoms with Crippen LogP contribution in [0.5, 0.6) is 0 Å². The predicted molar refractivity (Wildman–Crippen MR) is 84.0 cm³/mol. The van der Waals surface area contributed by atoms with Crippen LogP contribution in [0.1, 0.15) is 11.1 Å². The van der Waals surface area contributed by atoms with Gasteiger partial charge in [0, 0.05) is 12.6 Å². The van der Waals surface area contributed by atoms with Crippen molar-refractivity contribution in [3.63, 3.8) is 0 Å². The first-order valence-corrected chi connectivity index (χ1v) is 7.09. The average Bonchev–Trinajstić information content (AvgIpc) is 2.74. The first-order valence-electron chi connectivity index (χ1n) is 6.71. The summed E-state index contributed by atoms with van der Waals surface area (Å²) in [5, 5.41) is 0.0612. The van der Waals surface area contributed by atoms with E-state index in [1.54, 1.807) is 0 Å². The summed E-state index contributed by atoms with van der Waals surface area (Å²) in [7, 11) is 0. The van der Waals surface area contributed by atoms with E-state index in [9.17, 15) is 4.39 Å². The molecule has 0 aliphatic carbocycles. The highest BCUT2D eigenvalue weighted by molar-refractivity contribution is 6.31. The number of rotatable bonds is 3. The Bertz CT molecular complexity index is 811. The fourth-order valence-electron chi connectivity index (χ4n) is 2.50. The molecule has 0 amide bonds. The van der Waals surface area contributed by atoms with Crippen molar-refractivity contribution in [3.8, 4) is 0 Å². The lowest BCUT2D eigenvalue weighted by atomic mass is 10.1. The zero-order valence-electron chi connectivity index (χ0n) is 11.6. The van der Waals surface area contributed by atoms with Gasteiger partial charge in [0.25, 0.3) is 0 Å². The lowest BCUT2D eigenvalue weighted by Gasteiger charge is -2.09. The molecule has 2 aromatic carbocycles. The van der Waals surface area contributed by atoms with Gasteiger partial charge in [-0.15, -0.1) is 0 Å². The predicted octanol–water partition coefficient (Wildman–Crippen LogP) is 3.96. The van der Waals surface area contributed by atoms with Gasteiger partial charge in [0.1, 0.15) is 5.82 Å². The van der Waals surface area contributed by atoms with Gasteiger partial charge in [-0.05, 0) is 30.5 Å². The summed E-state index contributed by atoms with van der Waals surface area (Å²) in [5.74, 6) is -0.0820. The number of nitrogens with two attached hydrogens (primary N) is 1. The molecular weight excluding hydrogens is 289 g/mol. The summed E-state index contributed by atoms with van der Waals surface area (Å²) in [6.45, 7) is 2.72. The molecule has 1 heterocycles. The monoisotopic (exact) mass is 303 g/mol. The number of aryl methyl sites for hydroxylation is 3. The van der Waals surface area contributed by atoms with Crippen LogP contribution in [0.2, 0.25) is 5.02 Å². The molecular formula is C16H15ClFN3. The molecule has 0 spiro atoms. The van der Waals surface area contributed by atoms with Gasteiger partial charge in [-0.2, -0.15) is 0 Å². The van der Waals surface area contributed by atoms with E-state index in [0.717, 1.165) is 6.42 Å². The maximum atomic E-state index is 13.7. The molecule has 0 fully saturated rings. The number of fused-ring (bicyclic) bond motifs is 1. The standard InChI is InChI=1S/C16H15ClFN3/c1-10-4-2-3-5-11(10)6-7-21-15-9-13(18)12(17)8-14(15)20-16(21)19/h2-5,8-9H,6-7H2,1H3,(H2,19,20). The quantitative estimate of drug-likeness (QED) is 0.796. The van der Waals surface area contributed by atoms with Gasteiger partial charge in [0.15, 0.2) is 0 Å².